The van der Waals surface area contributed by atoms with E-state index in [9.17, 15) is 4.79 Å². The number of likely N-dealkylation sites (tertiary alicyclic amines) is 1. The van der Waals surface area contributed by atoms with Gasteiger partial charge < -0.3 is 0 Å². The molecule has 32 heavy (non-hydrogen) atoms. The van der Waals surface area contributed by atoms with Gasteiger partial charge >= 0.3 is 0 Å². The van der Waals surface area contributed by atoms with Crippen molar-refractivity contribution in [2.45, 2.75) is 58.7 Å². The summed E-state index contributed by atoms with van der Waals surface area (Å²) in [5.41, 5.74) is 3.76. The van der Waals surface area contributed by atoms with Crippen LogP contribution in [0.5, 0.6) is 0 Å². The highest BCUT2D eigenvalue weighted by atomic mass is 32.1. The third kappa shape index (κ3) is 4.29. The third-order valence-corrected chi connectivity index (χ3v) is 7.77. The first-order chi connectivity index (χ1) is 15.6. The number of anilines is 1. The molecule has 2 aliphatic heterocycles. The second-order valence-electron chi connectivity index (χ2n) is 8.95. The molecule has 4 heterocycles. The predicted molar refractivity (Wildman–Crippen MR) is 130 cm³/mol. The number of aromatic nitrogens is 2. The van der Waals surface area contributed by atoms with E-state index in [1.54, 1.807) is 11.3 Å². The fraction of sp³-hybridized carbons (Fsp3) is 0.480. The molecule has 2 aromatic heterocycles. The second-order valence-corrected chi connectivity index (χ2v) is 10.1. The molecule has 1 amide bonds. The number of rotatable bonds is 5. The summed E-state index contributed by atoms with van der Waals surface area (Å²) < 4.78 is 0. The summed E-state index contributed by atoms with van der Waals surface area (Å²) in [5, 5.41) is 4.70. The van der Waals surface area contributed by atoms with Gasteiger partial charge in [0.2, 0.25) is 0 Å². The molecular formula is C25H31N5OS. The number of amides is 1. The number of pyridine rings is 1. The van der Waals surface area contributed by atoms with Crippen LogP contribution in [0.3, 0.4) is 0 Å². The maximum Gasteiger partial charge on any atom is 0.258 e. The largest absolute Gasteiger partial charge is 0.299 e. The zero-order valence-corrected chi connectivity index (χ0v) is 19.7. The van der Waals surface area contributed by atoms with E-state index in [2.05, 4.69) is 33.9 Å². The molecule has 0 spiro atoms. The van der Waals surface area contributed by atoms with E-state index in [1.165, 1.54) is 24.1 Å². The summed E-state index contributed by atoms with van der Waals surface area (Å²) in [6, 6.07) is 8.58. The molecule has 3 aromatic rings. The summed E-state index contributed by atoms with van der Waals surface area (Å²) in [6.45, 7) is 9.25. The van der Waals surface area contributed by atoms with Crippen LogP contribution in [0.1, 0.15) is 59.6 Å². The first-order valence-electron chi connectivity index (χ1n) is 11.8. The zero-order chi connectivity index (χ0) is 22.1. The van der Waals surface area contributed by atoms with E-state index >= 15 is 0 Å². The Bertz CT molecular complexity index is 1130. The van der Waals surface area contributed by atoms with E-state index in [1.807, 2.05) is 30.5 Å². The van der Waals surface area contributed by atoms with Crippen LogP contribution in [0, 0.1) is 0 Å². The molecule has 7 heteroatoms. The van der Waals surface area contributed by atoms with E-state index in [4.69, 9.17) is 4.98 Å². The first-order valence-corrected chi connectivity index (χ1v) is 12.6. The normalized spacial score (nSPS) is 19.8. The lowest BCUT2D eigenvalue weighted by Crippen LogP contribution is -2.36. The van der Waals surface area contributed by atoms with Gasteiger partial charge in [-0.3, -0.25) is 24.9 Å². The van der Waals surface area contributed by atoms with Gasteiger partial charge in [0, 0.05) is 59.8 Å². The highest BCUT2D eigenvalue weighted by molar-refractivity contribution is 7.15. The van der Waals surface area contributed by atoms with E-state index in [0.717, 1.165) is 66.9 Å². The van der Waals surface area contributed by atoms with Gasteiger partial charge in [-0.25, -0.2) is 4.98 Å². The van der Waals surface area contributed by atoms with E-state index in [0.29, 0.717) is 11.2 Å². The van der Waals surface area contributed by atoms with Crippen LogP contribution in [0.4, 0.5) is 5.13 Å². The van der Waals surface area contributed by atoms with E-state index in [-0.39, 0.29) is 5.91 Å². The molecule has 0 aliphatic carbocycles. The van der Waals surface area contributed by atoms with Crippen LogP contribution in [0.25, 0.3) is 10.9 Å². The molecule has 168 valence electrons. The highest BCUT2D eigenvalue weighted by Gasteiger charge is 2.26. The predicted octanol–water partition coefficient (Wildman–Crippen LogP) is 4.70. The molecule has 1 fully saturated rings. The SMILES string of the molecule is CCN1CCc2nc3ccccc3c(C(=O)Nc3ncc(CN4CCCCC4C)s3)c2C1. The Morgan fingerprint density at radius 3 is 2.97 bits per heavy atom. The number of likely N-dealkylation sites (N-methyl/N-ethyl adjacent to an activating group) is 1. The number of thiazole rings is 1. The van der Waals surface area contributed by atoms with Gasteiger partial charge in [0.1, 0.15) is 0 Å². The van der Waals surface area contributed by atoms with Gasteiger partial charge in [0.15, 0.2) is 5.13 Å². The lowest BCUT2D eigenvalue weighted by Gasteiger charge is -2.32. The van der Waals surface area contributed by atoms with Crippen molar-refractivity contribution in [3.05, 3.63) is 52.2 Å². The first kappa shape index (κ1) is 21.5. The molecule has 5 rings (SSSR count). The average molecular weight is 450 g/mol. The van der Waals surface area contributed by atoms with Crippen molar-refractivity contribution in [1.29, 1.82) is 0 Å². The number of para-hydroxylation sites is 1. The minimum Gasteiger partial charge on any atom is -0.299 e. The molecular weight excluding hydrogens is 418 g/mol. The van der Waals surface area contributed by atoms with Gasteiger partial charge in [-0.1, -0.05) is 31.5 Å². The standard InChI is InChI=1S/C25H31N5OS/c1-3-29-13-11-22-20(16-29)23(19-9-4-5-10-21(19)27-22)24(31)28-25-26-14-18(32-25)15-30-12-7-6-8-17(30)2/h4-5,9-10,14,17H,3,6-8,11-13,15-16H2,1-2H3,(H,26,28,31). The monoisotopic (exact) mass is 449 g/mol. The Morgan fingerprint density at radius 1 is 1.25 bits per heavy atom. The van der Waals surface area contributed by atoms with Gasteiger partial charge in [0.05, 0.1) is 11.1 Å². The molecule has 6 nitrogen and oxygen atoms in total. The fourth-order valence-electron chi connectivity index (χ4n) is 4.97. The second kappa shape index (κ2) is 9.25. The summed E-state index contributed by atoms with van der Waals surface area (Å²) in [6.07, 6.45) is 6.64. The molecule has 0 bridgehead atoms. The van der Waals surface area contributed by atoms with Crippen molar-refractivity contribution >= 4 is 33.3 Å². The molecule has 1 atom stereocenters. The Morgan fingerprint density at radius 2 is 2.12 bits per heavy atom. The van der Waals surface area contributed by atoms with Gasteiger partial charge in [-0.2, -0.15) is 0 Å². The third-order valence-electron chi connectivity index (χ3n) is 6.87. The smallest absolute Gasteiger partial charge is 0.258 e. The van der Waals surface area contributed by atoms with Crippen molar-refractivity contribution in [3.8, 4) is 0 Å². The lowest BCUT2D eigenvalue weighted by molar-refractivity contribution is 0.102. The minimum absolute atomic E-state index is 0.0787. The number of benzene rings is 1. The molecule has 1 unspecified atom stereocenters. The highest BCUT2D eigenvalue weighted by Crippen LogP contribution is 2.30. The average Bonchev–Trinajstić information content (AvgIpc) is 3.25. The number of nitrogens with zero attached hydrogens (tertiary/aromatic N) is 4. The Balaban J connectivity index is 1.41. The number of carbonyl (C=O) groups excluding carboxylic acids is 1. The van der Waals surface area contributed by atoms with Crippen LogP contribution < -0.4 is 5.32 Å². The van der Waals surface area contributed by atoms with Crippen LogP contribution in [0.2, 0.25) is 0 Å². The van der Waals surface area contributed by atoms with Gasteiger partial charge in [-0.15, -0.1) is 11.3 Å². The Labute approximate surface area is 193 Å². The summed E-state index contributed by atoms with van der Waals surface area (Å²) in [5.74, 6) is -0.0787. The maximum absolute atomic E-state index is 13.5. The van der Waals surface area contributed by atoms with Crippen LogP contribution in [-0.4, -0.2) is 51.4 Å². The van der Waals surface area contributed by atoms with Crippen molar-refractivity contribution in [2.75, 3.05) is 25.0 Å². The lowest BCUT2D eigenvalue weighted by atomic mass is 9.95. The molecule has 1 saturated heterocycles. The van der Waals surface area contributed by atoms with Crippen LogP contribution >= 0.6 is 11.3 Å². The summed E-state index contributed by atoms with van der Waals surface area (Å²) in [7, 11) is 0. The summed E-state index contributed by atoms with van der Waals surface area (Å²) in [4.78, 5) is 29.1. The maximum atomic E-state index is 13.5. The van der Waals surface area contributed by atoms with Crippen molar-refractivity contribution < 1.29 is 4.79 Å². The minimum atomic E-state index is -0.0787. The number of fused-ring (bicyclic) bond motifs is 2. The van der Waals surface area contributed by atoms with Gasteiger partial charge in [-0.05, 0) is 38.9 Å². The number of piperidine rings is 1. The van der Waals surface area contributed by atoms with Crippen LogP contribution in [-0.2, 0) is 19.5 Å². The molecule has 0 saturated carbocycles. The molecule has 2 aliphatic rings. The number of hydrogen-bond donors (Lipinski definition) is 1. The Kier molecular flexibility index (Phi) is 6.22. The number of carbonyl (C=O) groups is 1. The fourth-order valence-corrected chi connectivity index (χ4v) is 5.80. The number of hydrogen-bond acceptors (Lipinski definition) is 6. The van der Waals surface area contributed by atoms with Crippen LogP contribution in [0.15, 0.2) is 30.5 Å². The van der Waals surface area contributed by atoms with Crippen molar-refractivity contribution in [3.63, 3.8) is 0 Å². The molecule has 0 radical (unpaired) electrons. The van der Waals surface area contributed by atoms with E-state index < -0.39 is 0 Å². The summed E-state index contributed by atoms with van der Waals surface area (Å²) >= 11 is 1.59. The number of nitrogens with one attached hydrogen (secondary N) is 1. The van der Waals surface area contributed by atoms with Crippen molar-refractivity contribution in [2.24, 2.45) is 0 Å². The zero-order valence-electron chi connectivity index (χ0n) is 18.9. The topological polar surface area (TPSA) is 61.4 Å². The quantitative estimate of drug-likeness (QED) is 0.612. The molecule has 1 N–H and O–H groups in total. The molecule has 1 aromatic carbocycles. The Hall–Kier alpha value is -2.35. The van der Waals surface area contributed by atoms with Gasteiger partial charge in [0.25, 0.3) is 5.91 Å². The van der Waals surface area contributed by atoms with Crippen molar-refractivity contribution in [1.82, 2.24) is 19.8 Å².